The van der Waals surface area contributed by atoms with E-state index in [4.69, 9.17) is 4.43 Å². The van der Waals surface area contributed by atoms with E-state index < -0.39 is 23.4 Å². The van der Waals surface area contributed by atoms with Gasteiger partial charge in [0.2, 0.25) is 0 Å². The molecule has 0 amide bonds. The van der Waals surface area contributed by atoms with Crippen LogP contribution in [0.1, 0.15) is 77.3 Å². The first-order valence-corrected chi connectivity index (χ1v) is 21.3. The Bertz CT molecular complexity index is 1700. The molecule has 46 heavy (non-hydrogen) atoms. The van der Waals surface area contributed by atoms with Gasteiger partial charge in [0.05, 0.1) is 0 Å². The van der Waals surface area contributed by atoms with Gasteiger partial charge in [-0.3, -0.25) is 0 Å². The fraction of sp³-hybridized carbons (Fsp3) is 0.302. The summed E-state index contributed by atoms with van der Waals surface area (Å²) < 4.78 is 11.1. The molecule has 0 aliphatic rings. The van der Waals surface area contributed by atoms with Crippen molar-refractivity contribution >= 4 is 42.6 Å². The number of rotatable bonds is 8. The Balaban J connectivity index is 1.88. The molecule has 1 nitrogen and oxygen atoms in total. The molecule has 0 aromatic heterocycles. The standard InChI is InChI=1S/C43H50GeOSi/c1-26-18-30(5)39(31(6)19-26)44(40-32(7)20-27(2)21-33(40)8)43(38-16-14-13-15-17-38)45-46(41-34(9)22-28(3)23-35(41)10)42-36(11)24-29(4)25-37(42)12/h13-25,43H,1-12H3. The van der Waals surface area contributed by atoms with Gasteiger partial charge in [-0.05, 0) is 0 Å². The number of aryl methyl sites for hydroxylation is 12. The van der Waals surface area contributed by atoms with Crippen molar-refractivity contribution in [3.05, 3.63) is 151 Å². The van der Waals surface area contributed by atoms with Crippen LogP contribution in [0.2, 0.25) is 0 Å². The van der Waals surface area contributed by atoms with Crippen LogP contribution >= 0.6 is 0 Å². The van der Waals surface area contributed by atoms with Crippen LogP contribution in [-0.4, -0.2) is 23.4 Å². The molecule has 3 heteroatoms. The SMILES string of the molecule is Cc1cc(C)c([Si](O[CH](c2ccccc2)[Ge]([c]2c(C)cc(C)cc2C)[c]2c(C)cc(C)cc2C)c2c(C)cc(C)cc2C)c(C)c1. The fourth-order valence-corrected chi connectivity index (χ4v) is 19.0. The summed E-state index contributed by atoms with van der Waals surface area (Å²) in [5, 5.41) is 2.80. The summed E-state index contributed by atoms with van der Waals surface area (Å²) in [6.45, 7) is 27.4. The number of hydrogen-bond acceptors (Lipinski definition) is 1. The summed E-state index contributed by atoms with van der Waals surface area (Å²) in [5.74, 6) is 0. The molecule has 0 saturated heterocycles. The van der Waals surface area contributed by atoms with Gasteiger partial charge in [-0.1, -0.05) is 0 Å². The fourth-order valence-electron chi connectivity index (χ4n) is 7.96. The molecule has 1 unspecified atom stereocenters. The molecule has 0 saturated carbocycles. The minimum absolute atomic E-state index is 0.0319. The van der Waals surface area contributed by atoms with Gasteiger partial charge in [-0.15, -0.1) is 0 Å². The summed E-state index contributed by atoms with van der Waals surface area (Å²) in [4.78, 5) is -0.0319. The van der Waals surface area contributed by atoms with E-state index in [1.807, 2.05) is 0 Å². The first-order valence-electron chi connectivity index (χ1n) is 16.5. The van der Waals surface area contributed by atoms with Crippen molar-refractivity contribution in [3.63, 3.8) is 0 Å². The Kier molecular flexibility index (Phi) is 10.3. The molecule has 0 bridgehead atoms. The molecule has 0 aliphatic heterocycles. The van der Waals surface area contributed by atoms with Crippen LogP contribution in [0, 0.1) is 83.1 Å². The molecule has 0 spiro atoms. The molecule has 0 heterocycles. The van der Waals surface area contributed by atoms with E-state index in [2.05, 4.69) is 162 Å². The zero-order valence-corrected chi connectivity index (χ0v) is 33.1. The van der Waals surface area contributed by atoms with Crippen molar-refractivity contribution in [2.45, 2.75) is 88.0 Å². The topological polar surface area (TPSA) is 9.23 Å². The molecule has 5 rings (SSSR count). The monoisotopic (exact) mass is 684 g/mol. The summed E-state index contributed by atoms with van der Waals surface area (Å²) in [7, 11) is -1.68. The minimum atomic E-state index is -2.49. The van der Waals surface area contributed by atoms with Gasteiger partial charge in [-0.2, -0.15) is 0 Å². The van der Waals surface area contributed by atoms with E-state index in [-0.39, 0.29) is 4.94 Å². The molecular weight excluding hydrogens is 633 g/mol. The molecule has 0 aliphatic carbocycles. The Morgan fingerprint density at radius 3 is 1.07 bits per heavy atom. The van der Waals surface area contributed by atoms with E-state index in [1.165, 1.54) is 82.7 Å². The van der Waals surface area contributed by atoms with Gasteiger partial charge in [0, 0.05) is 0 Å². The molecule has 0 fully saturated rings. The third kappa shape index (κ3) is 6.90. The van der Waals surface area contributed by atoms with Crippen LogP contribution in [0.15, 0.2) is 78.9 Å². The van der Waals surface area contributed by atoms with Crippen molar-refractivity contribution in [3.8, 4) is 0 Å². The Morgan fingerprint density at radius 2 is 0.739 bits per heavy atom. The van der Waals surface area contributed by atoms with Gasteiger partial charge in [-0.25, -0.2) is 0 Å². The zero-order chi connectivity index (χ0) is 33.4. The van der Waals surface area contributed by atoms with Crippen LogP contribution in [-0.2, 0) is 4.43 Å². The summed E-state index contributed by atoms with van der Waals surface area (Å²) in [6, 6.07) is 30.2. The first-order chi connectivity index (χ1) is 21.8. The van der Waals surface area contributed by atoms with Gasteiger partial charge >= 0.3 is 286 Å². The molecule has 5 aromatic rings. The second kappa shape index (κ2) is 13.9. The number of hydrogen-bond donors (Lipinski definition) is 0. The number of benzene rings is 5. The Hall–Kier alpha value is -3.18. The van der Waals surface area contributed by atoms with Crippen LogP contribution in [0.25, 0.3) is 0 Å². The van der Waals surface area contributed by atoms with Crippen molar-refractivity contribution in [1.82, 2.24) is 0 Å². The van der Waals surface area contributed by atoms with E-state index >= 15 is 0 Å². The van der Waals surface area contributed by atoms with Crippen molar-refractivity contribution < 1.29 is 4.43 Å². The molecule has 1 atom stereocenters. The van der Waals surface area contributed by atoms with Crippen molar-refractivity contribution in [2.75, 3.05) is 0 Å². The molecule has 2 radical (unpaired) electrons. The first kappa shape index (κ1) is 34.2. The summed E-state index contributed by atoms with van der Waals surface area (Å²) in [5.41, 5.74) is 17.5. The van der Waals surface area contributed by atoms with E-state index in [0.29, 0.717) is 0 Å². The van der Waals surface area contributed by atoms with Gasteiger partial charge < -0.3 is 0 Å². The second-order valence-corrected chi connectivity index (χ2v) is 20.6. The van der Waals surface area contributed by atoms with Crippen LogP contribution in [0.5, 0.6) is 0 Å². The average Bonchev–Trinajstić information content (AvgIpc) is 2.93. The van der Waals surface area contributed by atoms with Crippen LogP contribution in [0.4, 0.5) is 0 Å². The van der Waals surface area contributed by atoms with Gasteiger partial charge in [0.25, 0.3) is 0 Å². The average molecular weight is 684 g/mol. The summed E-state index contributed by atoms with van der Waals surface area (Å²) >= 11 is -2.49. The zero-order valence-electron chi connectivity index (χ0n) is 30.0. The van der Waals surface area contributed by atoms with Gasteiger partial charge in [0.15, 0.2) is 0 Å². The van der Waals surface area contributed by atoms with Crippen molar-refractivity contribution in [1.29, 1.82) is 0 Å². The predicted molar refractivity (Wildman–Crippen MR) is 203 cm³/mol. The van der Waals surface area contributed by atoms with E-state index in [0.717, 1.165) is 0 Å². The van der Waals surface area contributed by atoms with Crippen LogP contribution < -0.4 is 19.2 Å². The normalized spacial score (nSPS) is 12.3. The van der Waals surface area contributed by atoms with E-state index in [9.17, 15) is 0 Å². The molecule has 236 valence electrons. The maximum atomic E-state index is 8.04. The van der Waals surface area contributed by atoms with E-state index in [1.54, 1.807) is 8.79 Å². The third-order valence-electron chi connectivity index (χ3n) is 9.30. The second-order valence-electron chi connectivity index (χ2n) is 13.7. The third-order valence-corrected chi connectivity index (χ3v) is 20.4. The molecular formula is C43H50GeOSi. The summed E-state index contributed by atoms with van der Waals surface area (Å²) in [6.07, 6.45) is 0. The maximum absolute atomic E-state index is 8.04. The molecule has 0 N–H and O–H groups in total. The van der Waals surface area contributed by atoms with Gasteiger partial charge in [0.1, 0.15) is 0 Å². The van der Waals surface area contributed by atoms with Crippen molar-refractivity contribution in [2.24, 2.45) is 0 Å². The molecule has 5 aromatic carbocycles. The Labute approximate surface area is 284 Å². The van der Waals surface area contributed by atoms with Crippen LogP contribution in [0.3, 0.4) is 0 Å². The Morgan fingerprint density at radius 1 is 0.435 bits per heavy atom. The predicted octanol–water partition coefficient (Wildman–Crippen LogP) is 8.10. The quantitative estimate of drug-likeness (QED) is 0.150.